The summed E-state index contributed by atoms with van der Waals surface area (Å²) in [4.78, 5) is 15.0. The molecule has 2 aromatic carbocycles. The molecular formula is C20H20ClNO2. The van der Waals surface area contributed by atoms with Gasteiger partial charge in [-0.25, -0.2) is 0 Å². The lowest BCUT2D eigenvalue weighted by atomic mass is 10.00. The predicted octanol–water partition coefficient (Wildman–Crippen LogP) is 4.43. The molecule has 0 radical (unpaired) electrons. The fourth-order valence-corrected chi connectivity index (χ4v) is 4.06. The van der Waals surface area contributed by atoms with E-state index < -0.39 is 0 Å². The average molecular weight is 342 g/mol. The predicted molar refractivity (Wildman–Crippen MR) is 96.0 cm³/mol. The zero-order chi connectivity index (χ0) is 16.7. The number of amides is 1. The van der Waals surface area contributed by atoms with Crippen molar-refractivity contribution in [1.29, 1.82) is 0 Å². The van der Waals surface area contributed by atoms with Crippen LogP contribution < -0.4 is 9.64 Å². The number of carbonyl (C=O) groups excluding carboxylic acids is 1. The van der Waals surface area contributed by atoms with Crippen LogP contribution in [0.4, 0.5) is 5.69 Å². The first-order valence-electron chi connectivity index (χ1n) is 8.42. The van der Waals surface area contributed by atoms with E-state index in [9.17, 15) is 4.79 Å². The van der Waals surface area contributed by atoms with Crippen LogP contribution in [0.2, 0.25) is 5.02 Å². The van der Waals surface area contributed by atoms with Gasteiger partial charge in [-0.3, -0.25) is 4.79 Å². The van der Waals surface area contributed by atoms with Gasteiger partial charge in [0, 0.05) is 17.5 Å². The molecule has 4 heteroatoms. The van der Waals surface area contributed by atoms with Crippen molar-refractivity contribution >= 4 is 23.2 Å². The third-order valence-corrected chi connectivity index (χ3v) is 5.42. The standard InChI is InChI=1S/C20H20ClNO2/c1-24-18-10-4-6-13-7-5-11-22(19(13)18)20(23)16-12-15(16)14-8-2-3-9-17(14)21/h2-4,6,8-10,15-16H,5,7,11-12H2,1H3. The number of rotatable bonds is 3. The zero-order valence-electron chi connectivity index (χ0n) is 13.7. The molecule has 1 aliphatic carbocycles. The molecule has 2 aromatic rings. The summed E-state index contributed by atoms with van der Waals surface area (Å²) in [5, 5.41) is 0.759. The van der Waals surface area contributed by atoms with Gasteiger partial charge < -0.3 is 9.64 Å². The van der Waals surface area contributed by atoms with Crippen LogP contribution >= 0.6 is 11.6 Å². The van der Waals surface area contributed by atoms with E-state index >= 15 is 0 Å². The zero-order valence-corrected chi connectivity index (χ0v) is 14.4. The summed E-state index contributed by atoms with van der Waals surface area (Å²) in [6, 6.07) is 13.9. The maximum Gasteiger partial charge on any atom is 0.230 e. The second kappa shape index (κ2) is 6.14. The molecule has 3 nitrogen and oxygen atoms in total. The Balaban J connectivity index is 1.61. The number of aryl methyl sites for hydroxylation is 1. The van der Waals surface area contributed by atoms with Gasteiger partial charge in [-0.2, -0.15) is 0 Å². The molecule has 1 aliphatic heterocycles. The van der Waals surface area contributed by atoms with Crippen molar-refractivity contribution in [2.24, 2.45) is 5.92 Å². The molecule has 1 saturated carbocycles. The van der Waals surface area contributed by atoms with Gasteiger partial charge in [-0.05, 0) is 48.4 Å². The molecule has 1 amide bonds. The Morgan fingerprint density at radius 3 is 2.83 bits per heavy atom. The Bertz CT molecular complexity index is 775. The molecule has 4 rings (SSSR count). The van der Waals surface area contributed by atoms with E-state index in [4.69, 9.17) is 16.3 Å². The Kier molecular flexibility index (Phi) is 3.97. The first kappa shape index (κ1) is 15.5. The number of para-hydroxylation sites is 1. The van der Waals surface area contributed by atoms with Gasteiger partial charge in [-0.1, -0.05) is 41.9 Å². The molecule has 0 N–H and O–H groups in total. The van der Waals surface area contributed by atoms with Gasteiger partial charge in [-0.15, -0.1) is 0 Å². The summed E-state index contributed by atoms with van der Waals surface area (Å²) in [7, 11) is 1.66. The third-order valence-electron chi connectivity index (χ3n) is 5.08. The molecular weight excluding hydrogens is 322 g/mol. The highest BCUT2D eigenvalue weighted by Crippen LogP contribution is 2.51. The first-order chi connectivity index (χ1) is 11.7. The second-order valence-corrected chi connectivity index (χ2v) is 6.94. The number of fused-ring (bicyclic) bond motifs is 1. The van der Waals surface area contributed by atoms with Crippen LogP contribution in [0.25, 0.3) is 0 Å². The van der Waals surface area contributed by atoms with E-state index in [1.54, 1.807) is 7.11 Å². The van der Waals surface area contributed by atoms with Gasteiger partial charge in [0.2, 0.25) is 5.91 Å². The van der Waals surface area contributed by atoms with Crippen molar-refractivity contribution < 1.29 is 9.53 Å². The summed E-state index contributed by atoms with van der Waals surface area (Å²) in [5.74, 6) is 1.26. The number of hydrogen-bond donors (Lipinski definition) is 0. The monoisotopic (exact) mass is 341 g/mol. The number of halogens is 1. The number of carbonyl (C=O) groups is 1. The maximum atomic E-state index is 13.1. The van der Waals surface area contributed by atoms with Crippen molar-refractivity contribution in [2.75, 3.05) is 18.6 Å². The summed E-state index contributed by atoms with van der Waals surface area (Å²) in [5.41, 5.74) is 3.25. The van der Waals surface area contributed by atoms with Gasteiger partial charge in [0.05, 0.1) is 12.8 Å². The number of hydrogen-bond acceptors (Lipinski definition) is 2. The minimum atomic E-state index is 0.0285. The van der Waals surface area contributed by atoms with Crippen LogP contribution in [0.3, 0.4) is 0 Å². The Morgan fingerprint density at radius 2 is 2.04 bits per heavy atom. The van der Waals surface area contributed by atoms with Crippen LogP contribution in [0.5, 0.6) is 5.75 Å². The van der Waals surface area contributed by atoms with Crippen molar-refractivity contribution in [2.45, 2.75) is 25.2 Å². The highest BCUT2D eigenvalue weighted by molar-refractivity contribution is 6.31. The second-order valence-electron chi connectivity index (χ2n) is 6.53. The van der Waals surface area contributed by atoms with Gasteiger partial charge >= 0.3 is 0 Å². The first-order valence-corrected chi connectivity index (χ1v) is 8.80. The Labute approximate surface area is 147 Å². The van der Waals surface area contributed by atoms with Crippen LogP contribution in [-0.2, 0) is 11.2 Å². The third kappa shape index (κ3) is 2.57. The Morgan fingerprint density at radius 1 is 1.21 bits per heavy atom. The fourth-order valence-electron chi connectivity index (χ4n) is 3.79. The molecule has 2 atom stereocenters. The number of ether oxygens (including phenoxy) is 1. The normalized spacial score (nSPS) is 22.0. The number of anilines is 1. The van der Waals surface area contributed by atoms with Crippen LogP contribution in [-0.4, -0.2) is 19.6 Å². The largest absolute Gasteiger partial charge is 0.495 e. The van der Waals surface area contributed by atoms with E-state index in [-0.39, 0.29) is 17.7 Å². The fraction of sp³-hybridized carbons (Fsp3) is 0.350. The lowest BCUT2D eigenvalue weighted by Crippen LogP contribution is -2.37. The number of nitrogens with zero attached hydrogens (tertiary/aromatic N) is 1. The number of benzene rings is 2. The van der Waals surface area contributed by atoms with Gasteiger partial charge in [0.1, 0.15) is 5.75 Å². The minimum Gasteiger partial charge on any atom is -0.495 e. The minimum absolute atomic E-state index is 0.0285. The molecule has 1 fully saturated rings. The van der Waals surface area contributed by atoms with Gasteiger partial charge in [0.25, 0.3) is 0 Å². The smallest absolute Gasteiger partial charge is 0.230 e. The van der Waals surface area contributed by atoms with Gasteiger partial charge in [0.15, 0.2) is 0 Å². The maximum absolute atomic E-state index is 13.1. The highest BCUT2D eigenvalue weighted by Gasteiger charge is 2.47. The van der Waals surface area contributed by atoms with E-state index in [1.807, 2.05) is 41.3 Å². The molecule has 124 valence electrons. The van der Waals surface area contributed by atoms with Crippen molar-refractivity contribution in [3.8, 4) is 5.75 Å². The molecule has 0 saturated heterocycles. The van der Waals surface area contributed by atoms with Crippen molar-refractivity contribution in [1.82, 2.24) is 0 Å². The van der Waals surface area contributed by atoms with Crippen LogP contribution in [0.15, 0.2) is 42.5 Å². The van der Waals surface area contributed by atoms with E-state index in [0.29, 0.717) is 0 Å². The SMILES string of the molecule is COc1cccc2c1N(C(=O)C1CC1c1ccccc1Cl)CCC2. The topological polar surface area (TPSA) is 29.5 Å². The quantitative estimate of drug-likeness (QED) is 0.826. The molecule has 24 heavy (non-hydrogen) atoms. The van der Waals surface area contributed by atoms with E-state index in [0.717, 1.165) is 47.8 Å². The summed E-state index contributed by atoms with van der Waals surface area (Å²) in [6.07, 6.45) is 2.87. The summed E-state index contributed by atoms with van der Waals surface area (Å²) >= 11 is 6.30. The highest BCUT2D eigenvalue weighted by atomic mass is 35.5. The lowest BCUT2D eigenvalue weighted by Gasteiger charge is -2.31. The average Bonchev–Trinajstić information content (AvgIpc) is 3.41. The molecule has 2 unspecified atom stereocenters. The van der Waals surface area contributed by atoms with Crippen LogP contribution in [0, 0.1) is 5.92 Å². The van der Waals surface area contributed by atoms with Crippen LogP contribution in [0.1, 0.15) is 29.9 Å². The molecule has 2 aliphatic rings. The molecule has 0 bridgehead atoms. The van der Waals surface area contributed by atoms with E-state index in [1.165, 1.54) is 5.56 Å². The van der Waals surface area contributed by atoms with E-state index in [2.05, 4.69) is 6.07 Å². The molecule has 1 heterocycles. The summed E-state index contributed by atoms with van der Waals surface area (Å²) in [6.45, 7) is 0.762. The van der Waals surface area contributed by atoms with Crippen molar-refractivity contribution in [3.63, 3.8) is 0 Å². The molecule has 0 aromatic heterocycles. The number of methoxy groups -OCH3 is 1. The summed E-state index contributed by atoms with van der Waals surface area (Å²) < 4.78 is 5.51. The molecule has 0 spiro atoms. The lowest BCUT2D eigenvalue weighted by molar-refractivity contribution is -0.120. The van der Waals surface area contributed by atoms with Crippen molar-refractivity contribution in [3.05, 3.63) is 58.6 Å². The Hall–Kier alpha value is -2.00.